The summed E-state index contributed by atoms with van der Waals surface area (Å²) in [6.45, 7) is 5.38. The maximum atomic E-state index is 12.4. The van der Waals surface area contributed by atoms with Crippen LogP contribution in [0.25, 0.3) is 0 Å². The van der Waals surface area contributed by atoms with Gasteiger partial charge in [0, 0.05) is 5.25 Å². The molecule has 2 rings (SSSR count). The topological polar surface area (TPSA) is 93.1 Å². The predicted molar refractivity (Wildman–Crippen MR) is 101 cm³/mol. The Kier molecular flexibility index (Phi) is 7.29. The van der Waals surface area contributed by atoms with Crippen LogP contribution in [0.2, 0.25) is 0 Å². The summed E-state index contributed by atoms with van der Waals surface area (Å²) < 4.78 is 10.3. The highest BCUT2D eigenvalue weighted by atomic mass is 35.5. The maximum Gasteiger partial charge on any atom is 0.510 e. The van der Waals surface area contributed by atoms with Crippen LogP contribution >= 0.6 is 58.3 Å². The number of fused-ring (bicyclic) bond motifs is 1. The number of rotatable bonds is 7. The van der Waals surface area contributed by atoms with Crippen molar-refractivity contribution < 1.29 is 29.0 Å². The fourth-order valence-electron chi connectivity index (χ4n) is 2.43. The molecule has 1 N–H and O–H groups in total. The number of halogens is 3. The van der Waals surface area contributed by atoms with Crippen molar-refractivity contribution in [1.29, 1.82) is 0 Å². The van der Waals surface area contributed by atoms with Crippen molar-refractivity contribution in [3.63, 3.8) is 0 Å². The van der Waals surface area contributed by atoms with Crippen LogP contribution in [-0.2, 0) is 19.1 Å². The van der Waals surface area contributed by atoms with E-state index in [1.807, 2.05) is 13.8 Å². The Hall–Kier alpha value is -0.480. The molecule has 0 aliphatic carbocycles. The van der Waals surface area contributed by atoms with E-state index < -0.39 is 45.8 Å². The summed E-state index contributed by atoms with van der Waals surface area (Å²) in [5, 5.41) is 9.14. The van der Waals surface area contributed by atoms with Gasteiger partial charge in [-0.05, 0) is 6.92 Å². The summed E-state index contributed by atoms with van der Waals surface area (Å²) in [5.41, 5.74) is -1.32. The number of hydrogen-bond acceptors (Lipinski definition) is 7. The minimum atomic E-state index is -1.29. The molecule has 2 heterocycles. The molecule has 26 heavy (non-hydrogen) atoms. The lowest BCUT2D eigenvalue weighted by Gasteiger charge is -2.44. The van der Waals surface area contributed by atoms with Crippen LogP contribution < -0.4 is 0 Å². The van der Waals surface area contributed by atoms with Gasteiger partial charge >= 0.3 is 12.1 Å². The molecule has 0 aromatic heterocycles. The lowest BCUT2D eigenvalue weighted by atomic mass is 9.92. The molecule has 1 fully saturated rings. The van der Waals surface area contributed by atoms with Crippen LogP contribution in [0.4, 0.5) is 4.79 Å². The zero-order valence-electron chi connectivity index (χ0n) is 13.9. The number of carbonyl (C=O) groups excluding carboxylic acids is 2. The maximum absolute atomic E-state index is 12.4. The smallest absolute Gasteiger partial charge is 0.477 e. The molecule has 1 saturated heterocycles. The number of aliphatic carboxylic acids is 1. The van der Waals surface area contributed by atoms with Crippen LogP contribution in [0.3, 0.4) is 0 Å². The molecule has 12 heteroatoms. The first-order valence-corrected chi connectivity index (χ1v) is 10.5. The summed E-state index contributed by atoms with van der Waals surface area (Å²) in [5.74, 6) is -2.28. The summed E-state index contributed by atoms with van der Waals surface area (Å²) in [6, 6.07) is 0. The molecule has 7 nitrogen and oxygen atoms in total. The number of hydrogen-bond donors (Lipinski definition) is 1. The van der Waals surface area contributed by atoms with Gasteiger partial charge in [-0.1, -0.05) is 60.4 Å². The molecule has 0 bridgehead atoms. The van der Waals surface area contributed by atoms with Crippen molar-refractivity contribution in [2.45, 2.75) is 47.9 Å². The summed E-state index contributed by atoms with van der Waals surface area (Å²) >= 11 is 19.2. The molecule has 2 aliphatic rings. The average Bonchev–Trinajstić information content (AvgIpc) is 2.80. The van der Waals surface area contributed by atoms with Crippen molar-refractivity contribution in [3.05, 3.63) is 9.93 Å². The van der Waals surface area contributed by atoms with E-state index in [1.165, 1.54) is 35.3 Å². The Bertz CT molecular complexity index is 644. The fourth-order valence-corrected chi connectivity index (χ4v) is 5.74. The van der Waals surface area contributed by atoms with Crippen molar-refractivity contribution in [3.8, 4) is 0 Å². The minimum Gasteiger partial charge on any atom is -0.477 e. The Morgan fingerprint density at radius 2 is 1.85 bits per heavy atom. The van der Waals surface area contributed by atoms with E-state index in [-0.39, 0.29) is 10.9 Å². The normalized spacial score (nSPS) is 24.5. The third kappa shape index (κ3) is 4.49. The Balaban J connectivity index is 2.04. The van der Waals surface area contributed by atoms with Gasteiger partial charge in [-0.2, -0.15) is 0 Å². The van der Waals surface area contributed by atoms with Crippen molar-refractivity contribution in [2.75, 3.05) is 0 Å². The standard InChI is InChI=1S/C14H16Cl3NO6S2/c1-4(2)25-13-7(12(20)21)18-10(19)6(11(18)26-13)5(3)23-14(22)24-9(17)8(15)16/h4-6,8-9,11H,1-3H3,(H,20,21)/t5?,6-,9?,11+/m0/s1. The van der Waals surface area contributed by atoms with Crippen LogP contribution in [0.1, 0.15) is 20.8 Å². The van der Waals surface area contributed by atoms with Gasteiger partial charge in [-0.25, -0.2) is 9.59 Å². The van der Waals surface area contributed by atoms with E-state index >= 15 is 0 Å². The van der Waals surface area contributed by atoms with Gasteiger partial charge in [0.25, 0.3) is 0 Å². The molecule has 1 amide bonds. The lowest BCUT2D eigenvalue weighted by Crippen LogP contribution is -2.61. The molecular weight excluding hydrogens is 449 g/mol. The second-order valence-corrected chi connectivity index (χ2v) is 10.3. The number of carboxylic acid groups (broad SMARTS) is 1. The van der Waals surface area contributed by atoms with Gasteiger partial charge < -0.3 is 14.6 Å². The molecule has 146 valence electrons. The second-order valence-electron chi connectivity index (χ2n) is 5.73. The third-order valence-corrected chi connectivity index (χ3v) is 7.15. The highest BCUT2D eigenvalue weighted by molar-refractivity contribution is 8.23. The van der Waals surface area contributed by atoms with Crippen LogP contribution in [0.15, 0.2) is 9.93 Å². The van der Waals surface area contributed by atoms with Crippen molar-refractivity contribution in [2.24, 2.45) is 5.92 Å². The van der Waals surface area contributed by atoms with Gasteiger partial charge in [-0.15, -0.1) is 11.8 Å². The number of thioether (sulfide) groups is 2. The number of β-lactam (4-membered cyclic amide) rings is 1. The molecule has 0 aromatic carbocycles. The number of alkyl halides is 3. The average molecular weight is 465 g/mol. The van der Waals surface area contributed by atoms with E-state index in [0.29, 0.717) is 4.24 Å². The molecule has 4 atom stereocenters. The number of carbonyl (C=O) groups is 3. The highest BCUT2D eigenvalue weighted by Crippen LogP contribution is 2.54. The summed E-state index contributed by atoms with van der Waals surface area (Å²) in [6.07, 6.45) is -1.95. The molecule has 0 radical (unpaired) electrons. The van der Waals surface area contributed by atoms with E-state index in [0.717, 1.165) is 0 Å². The number of carboxylic acids is 1. The van der Waals surface area contributed by atoms with E-state index in [9.17, 15) is 19.5 Å². The lowest BCUT2D eigenvalue weighted by molar-refractivity contribution is -0.157. The number of ether oxygens (including phenoxy) is 2. The zero-order valence-corrected chi connectivity index (χ0v) is 17.8. The SMILES string of the molecule is CC(C)SC1=C(C(=O)O)N2C(=O)[C@H](C(C)OC(=O)OC(Cl)C(Cl)Cl)[C@H]2S1. The zero-order chi connectivity index (χ0) is 19.8. The summed E-state index contributed by atoms with van der Waals surface area (Å²) in [7, 11) is 0. The second kappa shape index (κ2) is 8.68. The first-order chi connectivity index (χ1) is 12.0. The molecule has 0 spiro atoms. The van der Waals surface area contributed by atoms with Crippen molar-refractivity contribution in [1.82, 2.24) is 4.90 Å². The van der Waals surface area contributed by atoms with Gasteiger partial charge in [0.05, 0.1) is 4.24 Å². The van der Waals surface area contributed by atoms with Crippen LogP contribution in [-0.4, -0.2) is 55.2 Å². The van der Waals surface area contributed by atoms with Gasteiger partial charge in [0.2, 0.25) is 11.5 Å². The third-order valence-electron chi connectivity index (χ3n) is 3.49. The Morgan fingerprint density at radius 1 is 1.23 bits per heavy atom. The molecule has 2 unspecified atom stereocenters. The quantitative estimate of drug-likeness (QED) is 0.345. The monoisotopic (exact) mass is 463 g/mol. The van der Waals surface area contributed by atoms with E-state index in [4.69, 9.17) is 39.5 Å². The molecule has 0 saturated carbocycles. The first kappa shape index (κ1) is 21.8. The van der Waals surface area contributed by atoms with Gasteiger partial charge in [-0.3, -0.25) is 9.69 Å². The highest BCUT2D eigenvalue weighted by Gasteiger charge is 2.59. The fraction of sp³-hybridized carbons (Fsp3) is 0.643. The van der Waals surface area contributed by atoms with Crippen LogP contribution in [0.5, 0.6) is 0 Å². The van der Waals surface area contributed by atoms with E-state index in [1.54, 1.807) is 0 Å². The number of nitrogens with zero attached hydrogens (tertiary/aromatic N) is 1. The largest absolute Gasteiger partial charge is 0.510 e. The Labute approximate surface area is 173 Å². The van der Waals surface area contributed by atoms with Crippen molar-refractivity contribution >= 4 is 76.4 Å². The minimum absolute atomic E-state index is 0.0253. The van der Waals surface area contributed by atoms with Gasteiger partial charge in [0.15, 0.2) is 10.5 Å². The van der Waals surface area contributed by atoms with E-state index in [2.05, 4.69) is 4.74 Å². The molecule has 0 aromatic rings. The molecule has 2 aliphatic heterocycles. The van der Waals surface area contributed by atoms with Crippen LogP contribution in [0, 0.1) is 5.92 Å². The van der Waals surface area contributed by atoms with Gasteiger partial charge in [0.1, 0.15) is 17.4 Å². The molecular formula is C14H16Cl3NO6S2. The predicted octanol–water partition coefficient (Wildman–Crippen LogP) is 3.82. The first-order valence-electron chi connectivity index (χ1n) is 7.48. The Morgan fingerprint density at radius 3 is 2.35 bits per heavy atom. The number of amides is 1. The summed E-state index contributed by atoms with van der Waals surface area (Å²) in [4.78, 5) is 35.8.